The highest BCUT2D eigenvalue weighted by atomic mass is 32.2. The van der Waals surface area contributed by atoms with Gasteiger partial charge in [-0.25, -0.2) is 12.7 Å². The molecule has 0 saturated carbocycles. The fraction of sp³-hybridized carbons (Fsp3) is 0.909. The van der Waals surface area contributed by atoms with Crippen molar-refractivity contribution < 1.29 is 13.2 Å². The second kappa shape index (κ2) is 6.96. The van der Waals surface area contributed by atoms with Gasteiger partial charge in [0.15, 0.2) is 0 Å². The first-order chi connectivity index (χ1) is 7.64. The zero-order valence-corrected chi connectivity index (χ0v) is 12.2. The number of nitrogens with zero attached hydrogens (tertiary/aromatic N) is 1. The van der Waals surface area contributed by atoms with Crippen molar-refractivity contribution in [3.05, 3.63) is 0 Å². The van der Waals surface area contributed by atoms with E-state index in [2.05, 4.69) is 5.32 Å². The van der Waals surface area contributed by atoms with Gasteiger partial charge < -0.3 is 5.32 Å². The molecule has 0 unspecified atom stereocenters. The molecule has 0 rings (SSSR count). The van der Waals surface area contributed by atoms with Gasteiger partial charge in [-0.1, -0.05) is 27.7 Å². The standard InChI is InChI=1S/C11H24N2O3S/c1-9(2)8-13(17(5,15)16)7-6-12-11(14)10(3)4/h9-10H,6-8H2,1-5H3,(H,12,14). The third kappa shape index (κ3) is 7.33. The summed E-state index contributed by atoms with van der Waals surface area (Å²) in [5, 5.41) is 2.71. The fourth-order valence-corrected chi connectivity index (χ4v) is 2.30. The van der Waals surface area contributed by atoms with Gasteiger partial charge in [0.25, 0.3) is 0 Å². The van der Waals surface area contributed by atoms with E-state index in [1.807, 2.05) is 13.8 Å². The Labute approximate surface area is 105 Å². The van der Waals surface area contributed by atoms with Crippen LogP contribution in [-0.4, -0.2) is 44.5 Å². The average Bonchev–Trinajstić information content (AvgIpc) is 2.13. The number of carbonyl (C=O) groups excluding carboxylic acids is 1. The lowest BCUT2D eigenvalue weighted by molar-refractivity contribution is -0.123. The molecule has 102 valence electrons. The summed E-state index contributed by atoms with van der Waals surface area (Å²) in [5.74, 6) is 0.139. The van der Waals surface area contributed by atoms with Crippen LogP contribution in [0.5, 0.6) is 0 Å². The molecule has 0 radical (unpaired) electrons. The Hall–Kier alpha value is -0.620. The van der Waals surface area contributed by atoms with Crippen LogP contribution in [0.15, 0.2) is 0 Å². The molecule has 6 heteroatoms. The van der Waals surface area contributed by atoms with Gasteiger partial charge in [0.05, 0.1) is 6.26 Å². The van der Waals surface area contributed by atoms with E-state index in [1.54, 1.807) is 13.8 Å². The number of nitrogens with one attached hydrogen (secondary N) is 1. The summed E-state index contributed by atoms with van der Waals surface area (Å²) in [4.78, 5) is 11.3. The van der Waals surface area contributed by atoms with Gasteiger partial charge in [-0.3, -0.25) is 4.79 Å². The number of rotatable bonds is 7. The van der Waals surface area contributed by atoms with Gasteiger partial charge in [0, 0.05) is 25.6 Å². The lowest BCUT2D eigenvalue weighted by Gasteiger charge is -2.22. The van der Waals surface area contributed by atoms with Crippen molar-refractivity contribution in [3.8, 4) is 0 Å². The quantitative estimate of drug-likeness (QED) is 0.735. The molecular weight excluding hydrogens is 240 g/mol. The smallest absolute Gasteiger partial charge is 0.222 e. The molecule has 0 aromatic rings. The van der Waals surface area contributed by atoms with E-state index in [-0.39, 0.29) is 17.7 Å². The molecule has 0 fully saturated rings. The van der Waals surface area contributed by atoms with Crippen LogP contribution in [-0.2, 0) is 14.8 Å². The van der Waals surface area contributed by atoms with E-state index < -0.39 is 10.0 Å². The van der Waals surface area contributed by atoms with E-state index in [9.17, 15) is 13.2 Å². The van der Waals surface area contributed by atoms with E-state index in [1.165, 1.54) is 10.6 Å². The minimum Gasteiger partial charge on any atom is -0.355 e. The van der Waals surface area contributed by atoms with Crippen molar-refractivity contribution in [3.63, 3.8) is 0 Å². The first-order valence-electron chi connectivity index (χ1n) is 5.87. The highest BCUT2D eigenvalue weighted by Crippen LogP contribution is 2.03. The number of hydrogen-bond donors (Lipinski definition) is 1. The molecular formula is C11H24N2O3S. The predicted octanol–water partition coefficient (Wildman–Crippen LogP) is 0.676. The largest absolute Gasteiger partial charge is 0.355 e. The maximum Gasteiger partial charge on any atom is 0.222 e. The lowest BCUT2D eigenvalue weighted by atomic mass is 10.2. The molecule has 1 N–H and O–H groups in total. The van der Waals surface area contributed by atoms with Crippen LogP contribution in [0.1, 0.15) is 27.7 Å². The Bertz CT molecular complexity index is 337. The summed E-state index contributed by atoms with van der Waals surface area (Å²) in [6.07, 6.45) is 1.19. The van der Waals surface area contributed by atoms with Gasteiger partial charge >= 0.3 is 0 Å². The summed E-state index contributed by atoms with van der Waals surface area (Å²) >= 11 is 0. The Morgan fingerprint density at radius 1 is 1.24 bits per heavy atom. The lowest BCUT2D eigenvalue weighted by Crippen LogP contribution is -2.40. The third-order valence-corrected chi connectivity index (χ3v) is 3.49. The fourth-order valence-electron chi connectivity index (χ4n) is 1.31. The number of sulfonamides is 1. The molecule has 0 aromatic heterocycles. The number of hydrogen-bond acceptors (Lipinski definition) is 3. The second-order valence-corrected chi connectivity index (χ2v) is 6.94. The zero-order valence-electron chi connectivity index (χ0n) is 11.4. The van der Waals surface area contributed by atoms with Crippen molar-refractivity contribution in [1.82, 2.24) is 9.62 Å². The SMILES string of the molecule is CC(C)CN(CCNC(=O)C(C)C)S(C)(=O)=O. The minimum atomic E-state index is -3.20. The van der Waals surface area contributed by atoms with Gasteiger partial charge in [0.1, 0.15) is 0 Å². The summed E-state index contributed by atoms with van der Waals surface area (Å²) in [6, 6.07) is 0. The van der Waals surface area contributed by atoms with Crippen molar-refractivity contribution in [1.29, 1.82) is 0 Å². The monoisotopic (exact) mass is 264 g/mol. The van der Waals surface area contributed by atoms with Crippen LogP contribution in [0.25, 0.3) is 0 Å². The summed E-state index contributed by atoms with van der Waals surface area (Å²) in [6.45, 7) is 8.70. The van der Waals surface area contributed by atoms with Crippen molar-refractivity contribution in [2.75, 3.05) is 25.9 Å². The van der Waals surface area contributed by atoms with Gasteiger partial charge in [-0.2, -0.15) is 0 Å². The molecule has 0 heterocycles. The summed E-state index contributed by atoms with van der Waals surface area (Å²) in [7, 11) is -3.20. The first-order valence-corrected chi connectivity index (χ1v) is 7.72. The summed E-state index contributed by atoms with van der Waals surface area (Å²) < 4.78 is 24.4. The van der Waals surface area contributed by atoms with Crippen LogP contribution in [0.3, 0.4) is 0 Å². The molecule has 0 aromatic carbocycles. The molecule has 5 nitrogen and oxygen atoms in total. The molecule has 17 heavy (non-hydrogen) atoms. The molecule has 0 saturated heterocycles. The Morgan fingerprint density at radius 2 is 1.76 bits per heavy atom. The van der Waals surface area contributed by atoms with E-state index in [0.717, 1.165) is 0 Å². The molecule has 0 atom stereocenters. The van der Waals surface area contributed by atoms with Crippen LogP contribution >= 0.6 is 0 Å². The predicted molar refractivity (Wildman–Crippen MR) is 69.1 cm³/mol. The maximum absolute atomic E-state index is 11.5. The normalized spacial score (nSPS) is 12.5. The summed E-state index contributed by atoms with van der Waals surface area (Å²) in [5.41, 5.74) is 0. The average molecular weight is 264 g/mol. The minimum absolute atomic E-state index is 0.0528. The van der Waals surface area contributed by atoms with Crippen molar-refractivity contribution in [2.45, 2.75) is 27.7 Å². The van der Waals surface area contributed by atoms with Gasteiger partial charge in [0.2, 0.25) is 15.9 Å². The van der Waals surface area contributed by atoms with Crippen molar-refractivity contribution >= 4 is 15.9 Å². The number of amides is 1. The molecule has 0 spiro atoms. The highest BCUT2D eigenvalue weighted by molar-refractivity contribution is 7.88. The molecule has 1 amide bonds. The van der Waals surface area contributed by atoms with Crippen LogP contribution < -0.4 is 5.32 Å². The van der Waals surface area contributed by atoms with E-state index in [0.29, 0.717) is 19.6 Å². The zero-order chi connectivity index (χ0) is 13.6. The van der Waals surface area contributed by atoms with Gasteiger partial charge in [-0.05, 0) is 5.92 Å². The second-order valence-electron chi connectivity index (χ2n) is 4.96. The first kappa shape index (κ1) is 16.4. The number of carbonyl (C=O) groups is 1. The van der Waals surface area contributed by atoms with Crippen LogP contribution in [0.4, 0.5) is 0 Å². The Morgan fingerprint density at radius 3 is 2.12 bits per heavy atom. The van der Waals surface area contributed by atoms with Crippen molar-refractivity contribution in [2.24, 2.45) is 11.8 Å². The third-order valence-electron chi connectivity index (χ3n) is 2.22. The van der Waals surface area contributed by atoms with E-state index in [4.69, 9.17) is 0 Å². The molecule has 0 bridgehead atoms. The molecule has 0 aliphatic heterocycles. The molecule has 0 aliphatic carbocycles. The van der Waals surface area contributed by atoms with E-state index >= 15 is 0 Å². The Kier molecular flexibility index (Phi) is 6.70. The topological polar surface area (TPSA) is 66.5 Å². The Balaban J connectivity index is 4.24. The van der Waals surface area contributed by atoms with Crippen LogP contribution in [0.2, 0.25) is 0 Å². The molecule has 0 aliphatic rings. The highest BCUT2D eigenvalue weighted by Gasteiger charge is 2.17. The maximum atomic E-state index is 11.5. The van der Waals surface area contributed by atoms with Gasteiger partial charge in [-0.15, -0.1) is 0 Å². The van der Waals surface area contributed by atoms with Crippen LogP contribution in [0, 0.1) is 11.8 Å².